The summed E-state index contributed by atoms with van der Waals surface area (Å²) in [5.74, 6) is 1.16. The van der Waals surface area contributed by atoms with E-state index >= 15 is 0 Å². The lowest BCUT2D eigenvalue weighted by atomic mass is 10.1. The van der Waals surface area contributed by atoms with Gasteiger partial charge in [-0.05, 0) is 35.6 Å². The number of esters is 1. The van der Waals surface area contributed by atoms with Gasteiger partial charge in [0.2, 0.25) is 0 Å². The first-order valence-corrected chi connectivity index (χ1v) is 9.79. The van der Waals surface area contributed by atoms with Crippen LogP contribution in [0.4, 0.5) is 0 Å². The molecule has 0 aliphatic carbocycles. The highest BCUT2D eigenvalue weighted by atomic mass is 32.1. The minimum absolute atomic E-state index is 0.197. The molecular weight excluding hydrogens is 370 g/mol. The van der Waals surface area contributed by atoms with Crippen molar-refractivity contribution in [3.8, 4) is 21.4 Å². The van der Waals surface area contributed by atoms with Gasteiger partial charge in [0.25, 0.3) is 0 Å². The van der Waals surface area contributed by atoms with Crippen LogP contribution in [0.25, 0.3) is 9.88 Å². The zero-order valence-electron chi connectivity index (χ0n) is 14.6. The molecule has 3 aromatic rings. The van der Waals surface area contributed by atoms with Gasteiger partial charge in [-0.2, -0.15) is 0 Å². The van der Waals surface area contributed by atoms with Gasteiger partial charge in [-0.15, -0.1) is 22.7 Å². The maximum absolute atomic E-state index is 12.0. The summed E-state index contributed by atoms with van der Waals surface area (Å²) in [6, 6.07) is 9.61. The Kier molecular flexibility index (Phi) is 6.25. The first kappa shape index (κ1) is 18.4. The number of aryl methyl sites for hydroxylation is 1. The Hall–Kier alpha value is -2.38. The summed E-state index contributed by atoms with van der Waals surface area (Å²) in [6.45, 7) is 0.197. The third-order valence-electron chi connectivity index (χ3n) is 3.69. The van der Waals surface area contributed by atoms with Gasteiger partial charge in [0.15, 0.2) is 0 Å². The van der Waals surface area contributed by atoms with E-state index in [1.54, 1.807) is 43.0 Å². The fourth-order valence-electron chi connectivity index (χ4n) is 2.37. The summed E-state index contributed by atoms with van der Waals surface area (Å²) in [5.41, 5.74) is 1.74. The molecule has 0 atom stereocenters. The number of thiazole rings is 1. The smallest absolute Gasteiger partial charge is 0.306 e. The second-order valence-electron chi connectivity index (χ2n) is 5.50. The average Bonchev–Trinajstić information content (AvgIpc) is 3.35. The molecule has 136 valence electrons. The lowest BCUT2D eigenvalue weighted by Gasteiger charge is -2.08. The van der Waals surface area contributed by atoms with Crippen LogP contribution in [-0.2, 0) is 22.6 Å². The highest BCUT2D eigenvalue weighted by Gasteiger charge is 2.10. The van der Waals surface area contributed by atoms with Crippen LogP contribution in [0.15, 0.2) is 41.1 Å². The lowest BCUT2D eigenvalue weighted by molar-refractivity contribution is -0.145. The van der Waals surface area contributed by atoms with Crippen molar-refractivity contribution in [3.05, 3.63) is 52.3 Å². The largest absolute Gasteiger partial charge is 0.497 e. The summed E-state index contributed by atoms with van der Waals surface area (Å²) in [7, 11) is 3.20. The van der Waals surface area contributed by atoms with Gasteiger partial charge in [0.1, 0.15) is 23.1 Å². The van der Waals surface area contributed by atoms with Crippen molar-refractivity contribution in [2.75, 3.05) is 14.2 Å². The molecule has 3 rings (SSSR count). The van der Waals surface area contributed by atoms with Gasteiger partial charge in [0, 0.05) is 17.9 Å². The number of benzene rings is 1. The van der Waals surface area contributed by atoms with E-state index in [1.165, 1.54) is 0 Å². The van der Waals surface area contributed by atoms with Gasteiger partial charge in [0.05, 0.1) is 24.8 Å². The van der Waals surface area contributed by atoms with E-state index in [9.17, 15) is 4.79 Å². The monoisotopic (exact) mass is 389 g/mol. The number of carbonyl (C=O) groups excluding carboxylic acids is 1. The van der Waals surface area contributed by atoms with Crippen LogP contribution < -0.4 is 9.47 Å². The molecule has 0 saturated carbocycles. The van der Waals surface area contributed by atoms with E-state index in [-0.39, 0.29) is 19.0 Å². The van der Waals surface area contributed by atoms with E-state index in [2.05, 4.69) is 4.98 Å². The number of hydrogen-bond acceptors (Lipinski definition) is 7. The average molecular weight is 389 g/mol. The predicted molar refractivity (Wildman–Crippen MR) is 103 cm³/mol. The van der Waals surface area contributed by atoms with E-state index in [4.69, 9.17) is 14.2 Å². The van der Waals surface area contributed by atoms with Crippen LogP contribution in [0.3, 0.4) is 0 Å². The number of thiophene rings is 1. The molecule has 2 aromatic heterocycles. The van der Waals surface area contributed by atoms with Crippen molar-refractivity contribution < 1.29 is 19.0 Å². The van der Waals surface area contributed by atoms with E-state index < -0.39 is 0 Å². The number of ether oxygens (including phenoxy) is 3. The Balaban J connectivity index is 1.50. The van der Waals surface area contributed by atoms with Crippen LogP contribution in [0, 0.1) is 0 Å². The molecule has 0 fully saturated rings. The Labute approximate surface area is 160 Å². The quantitative estimate of drug-likeness (QED) is 0.529. The molecular formula is C19H19NO4S2. The van der Waals surface area contributed by atoms with Gasteiger partial charge in [-0.1, -0.05) is 6.07 Å². The Morgan fingerprint density at radius 3 is 2.54 bits per heavy atom. The van der Waals surface area contributed by atoms with Crippen LogP contribution in [-0.4, -0.2) is 25.2 Å². The fraction of sp³-hybridized carbons (Fsp3) is 0.263. The minimum Gasteiger partial charge on any atom is -0.497 e. The maximum atomic E-state index is 12.0. The lowest BCUT2D eigenvalue weighted by Crippen LogP contribution is -2.06. The van der Waals surface area contributed by atoms with E-state index in [0.29, 0.717) is 17.9 Å². The SMILES string of the molecule is COc1cc(CCC(=O)OCc2csc(-c3cccs3)n2)cc(OC)c1. The molecule has 0 N–H and O–H groups in total. The molecule has 2 heterocycles. The normalized spacial score (nSPS) is 10.5. The van der Waals surface area contributed by atoms with Crippen LogP contribution in [0.5, 0.6) is 11.5 Å². The van der Waals surface area contributed by atoms with Crippen molar-refractivity contribution >= 4 is 28.6 Å². The summed E-state index contributed by atoms with van der Waals surface area (Å²) < 4.78 is 15.8. The Morgan fingerprint density at radius 2 is 1.88 bits per heavy atom. The van der Waals surface area contributed by atoms with Gasteiger partial charge >= 0.3 is 5.97 Å². The molecule has 0 aliphatic heterocycles. The second-order valence-corrected chi connectivity index (χ2v) is 7.31. The molecule has 0 spiro atoms. The highest BCUT2D eigenvalue weighted by molar-refractivity contribution is 7.20. The third-order valence-corrected chi connectivity index (χ3v) is 5.62. The van der Waals surface area contributed by atoms with Crippen molar-refractivity contribution in [1.29, 1.82) is 0 Å². The van der Waals surface area contributed by atoms with Gasteiger partial charge in [-0.3, -0.25) is 4.79 Å². The molecule has 5 nitrogen and oxygen atoms in total. The molecule has 0 unspecified atom stereocenters. The van der Waals surface area contributed by atoms with Crippen molar-refractivity contribution in [2.24, 2.45) is 0 Å². The Morgan fingerprint density at radius 1 is 1.12 bits per heavy atom. The topological polar surface area (TPSA) is 57.7 Å². The first-order chi connectivity index (χ1) is 12.7. The second kappa shape index (κ2) is 8.82. The number of rotatable bonds is 8. The minimum atomic E-state index is -0.252. The zero-order valence-corrected chi connectivity index (χ0v) is 16.2. The Bertz CT molecular complexity index is 836. The number of aromatic nitrogens is 1. The molecule has 0 saturated heterocycles. The summed E-state index contributed by atoms with van der Waals surface area (Å²) in [4.78, 5) is 17.7. The predicted octanol–water partition coefficient (Wildman–Crippen LogP) is 4.56. The summed E-state index contributed by atoms with van der Waals surface area (Å²) in [5, 5.41) is 4.90. The van der Waals surface area contributed by atoms with Gasteiger partial charge < -0.3 is 14.2 Å². The van der Waals surface area contributed by atoms with Crippen molar-refractivity contribution in [2.45, 2.75) is 19.4 Å². The van der Waals surface area contributed by atoms with Gasteiger partial charge in [-0.25, -0.2) is 4.98 Å². The van der Waals surface area contributed by atoms with E-state index in [1.807, 2.05) is 35.0 Å². The third kappa shape index (κ3) is 4.83. The number of nitrogens with zero attached hydrogens (tertiary/aromatic N) is 1. The van der Waals surface area contributed by atoms with Crippen LogP contribution in [0.2, 0.25) is 0 Å². The molecule has 0 amide bonds. The summed E-state index contributed by atoms with van der Waals surface area (Å²) >= 11 is 3.20. The molecule has 0 radical (unpaired) electrons. The number of carbonyl (C=O) groups is 1. The van der Waals surface area contributed by atoms with E-state index in [0.717, 1.165) is 21.1 Å². The maximum Gasteiger partial charge on any atom is 0.306 e. The molecule has 1 aromatic carbocycles. The molecule has 0 aliphatic rings. The fourth-order valence-corrected chi connectivity index (χ4v) is 3.99. The number of hydrogen-bond donors (Lipinski definition) is 0. The summed E-state index contributed by atoms with van der Waals surface area (Å²) in [6.07, 6.45) is 0.849. The van der Waals surface area contributed by atoms with Crippen LogP contribution >= 0.6 is 22.7 Å². The standard InChI is InChI=1S/C19H19NO4S2/c1-22-15-8-13(9-16(10-15)23-2)5-6-18(21)24-11-14-12-26-19(20-14)17-4-3-7-25-17/h3-4,7-10,12H,5-6,11H2,1-2H3. The highest BCUT2D eigenvalue weighted by Crippen LogP contribution is 2.28. The van der Waals surface area contributed by atoms with Crippen molar-refractivity contribution in [3.63, 3.8) is 0 Å². The number of methoxy groups -OCH3 is 2. The molecule has 26 heavy (non-hydrogen) atoms. The first-order valence-electron chi connectivity index (χ1n) is 8.04. The van der Waals surface area contributed by atoms with Crippen LogP contribution in [0.1, 0.15) is 17.7 Å². The zero-order chi connectivity index (χ0) is 18.4. The molecule has 7 heteroatoms. The van der Waals surface area contributed by atoms with Crippen molar-refractivity contribution in [1.82, 2.24) is 4.98 Å². The molecule has 0 bridgehead atoms.